The molecule has 1 N–H and O–H groups in total. The van der Waals surface area contributed by atoms with E-state index in [4.69, 9.17) is 12.2 Å². The molecule has 4 aromatic carbocycles. The lowest BCUT2D eigenvalue weighted by Gasteiger charge is -2.32. The SMILES string of the molecule is O=C1NC(=S)N(c2cccc3ccccc23)C(=O)C1=Cc1ccc2c(c1)CCCN2Cc1ccccc1. The molecule has 2 heterocycles. The Morgan fingerprint density at radius 3 is 2.51 bits per heavy atom. The highest BCUT2D eigenvalue weighted by atomic mass is 32.1. The number of hydrogen-bond acceptors (Lipinski definition) is 4. The predicted molar refractivity (Wildman–Crippen MR) is 152 cm³/mol. The largest absolute Gasteiger partial charge is 0.367 e. The van der Waals surface area contributed by atoms with Crippen molar-refractivity contribution in [1.29, 1.82) is 0 Å². The zero-order chi connectivity index (χ0) is 25.4. The van der Waals surface area contributed by atoms with Crippen molar-refractivity contribution < 1.29 is 9.59 Å². The van der Waals surface area contributed by atoms with Gasteiger partial charge in [0.05, 0.1) is 5.69 Å². The van der Waals surface area contributed by atoms with Crippen molar-refractivity contribution in [3.05, 3.63) is 113 Å². The molecule has 4 aromatic rings. The molecule has 0 aliphatic carbocycles. The molecule has 6 rings (SSSR count). The van der Waals surface area contributed by atoms with Crippen LogP contribution in [-0.4, -0.2) is 23.5 Å². The molecule has 5 nitrogen and oxygen atoms in total. The van der Waals surface area contributed by atoms with Gasteiger partial charge in [0.15, 0.2) is 5.11 Å². The van der Waals surface area contributed by atoms with Gasteiger partial charge in [-0.3, -0.25) is 19.8 Å². The van der Waals surface area contributed by atoms with Crippen molar-refractivity contribution in [2.75, 3.05) is 16.3 Å². The van der Waals surface area contributed by atoms with E-state index in [9.17, 15) is 9.59 Å². The highest BCUT2D eigenvalue weighted by Gasteiger charge is 2.35. The summed E-state index contributed by atoms with van der Waals surface area (Å²) in [6, 6.07) is 30.2. The Bertz CT molecular complexity index is 1570. The Kier molecular flexibility index (Phi) is 6.02. The number of amides is 2. The van der Waals surface area contributed by atoms with E-state index in [0.29, 0.717) is 5.69 Å². The highest BCUT2D eigenvalue weighted by molar-refractivity contribution is 7.80. The summed E-state index contributed by atoms with van der Waals surface area (Å²) < 4.78 is 0. The van der Waals surface area contributed by atoms with E-state index in [-0.39, 0.29) is 10.7 Å². The van der Waals surface area contributed by atoms with Crippen LogP contribution in [0.25, 0.3) is 16.8 Å². The monoisotopic (exact) mass is 503 g/mol. The Morgan fingerprint density at radius 1 is 0.865 bits per heavy atom. The second-order valence-corrected chi connectivity index (χ2v) is 9.74. The number of carbonyl (C=O) groups excluding carboxylic acids is 2. The molecule has 1 saturated heterocycles. The summed E-state index contributed by atoms with van der Waals surface area (Å²) in [6.45, 7) is 1.85. The van der Waals surface area contributed by atoms with Gasteiger partial charge in [0.2, 0.25) is 0 Å². The zero-order valence-corrected chi connectivity index (χ0v) is 21.0. The summed E-state index contributed by atoms with van der Waals surface area (Å²) in [6.07, 6.45) is 3.69. The molecule has 0 aromatic heterocycles. The third-order valence-electron chi connectivity index (χ3n) is 6.95. The lowest BCUT2D eigenvalue weighted by molar-refractivity contribution is -0.122. The van der Waals surface area contributed by atoms with E-state index in [0.717, 1.165) is 42.3 Å². The molecule has 37 heavy (non-hydrogen) atoms. The fourth-order valence-corrected chi connectivity index (χ4v) is 5.47. The molecule has 0 bridgehead atoms. The first-order valence-corrected chi connectivity index (χ1v) is 12.8. The average Bonchev–Trinajstić information content (AvgIpc) is 2.92. The Hall–Kier alpha value is -4.29. The van der Waals surface area contributed by atoms with Gasteiger partial charge >= 0.3 is 0 Å². The Labute approximate surface area is 221 Å². The van der Waals surface area contributed by atoms with Gasteiger partial charge in [0, 0.05) is 24.2 Å². The van der Waals surface area contributed by atoms with Gasteiger partial charge in [0.1, 0.15) is 5.57 Å². The van der Waals surface area contributed by atoms with Crippen LogP contribution in [0, 0.1) is 0 Å². The van der Waals surface area contributed by atoms with Crippen molar-refractivity contribution in [3.8, 4) is 0 Å². The number of nitrogens with zero attached hydrogens (tertiary/aromatic N) is 2. The number of anilines is 2. The van der Waals surface area contributed by atoms with E-state index in [1.54, 1.807) is 6.08 Å². The van der Waals surface area contributed by atoms with Gasteiger partial charge in [-0.15, -0.1) is 0 Å². The van der Waals surface area contributed by atoms with Crippen LogP contribution in [0.4, 0.5) is 11.4 Å². The van der Waals surface area contributed by atoms with Crippen LogP contribution >= 0.6 is 12.2 Å². The van der Waals surface area contributed by atoms with E-state index >= 15 is 0 Å². The third kappa shape index (κ3) is 4.41. The Morgan fingerprint density at radius 2 is 1.65 bits per heavy atom. The summed E-state index contributed by atoms with van der Waals surface area (Å²) in [5.74, 6) is -0.900. The number of benzene rings is 4. The van der Waals surface area contributed by atoms with Gasteiger partial charge in [-0.25, -0.2) is 0 Å². The van der Waals surface area contributed by atoms with Crippen LogP contribution in [-0.2, 0) is 22.6 Å². The molecule has 0 saturated carbocycles. The zero-order valence-electron chi connectivity index (χ0n) is 20.2. The molecular formula is C31H25N3O2S. The van der Waals surface area contributed by atoms with Crippen LogP contribution in [0.2, 0.25) is 0 Å². The highest BCUT2D eigenvalue weighted by Crippen LogP contribution is 2.32. The van der Waals surface area contributed by atoms with Crippen LogP contribution in [0.1, 0.15) is 23.1 Å². The smallest absolute Gasteiger partial charge is 0.270 e. The van der Waals surface area contributed by atoms with Crippen LogP contribution in [0.15, 0.2) is 96.6 Å². The number of nitrogens with one attached hydrogen (secondary N) is 1. The Balaban J connectivity index is 1.33. The molecule has 2 aliphatic heterocycles. The molecule has 0 spiro atoms. The normalized spacial score (nSPS) is 16.8. The molecule has 0 atom stereocenters. The van der Waals surface area contributed by atoms with Crippen molar-refractivity contribution in [2.24, 2.45) is 0 Å². The number of rotatable bonds is 4. The fraction of sp³-hybridized carbons (Fsp3) is 0.129. The molecular weight excluding hydrogens is 478 g/mol. The van der Waals surface area contributed by atoms with Crippen LogP contribution in [0.5, 0.6) is 0 Å². The van der Waals surface area contributed by atoms with Gasteiger partial charge in [-0.2, -0.15) is 0 Å². The fourth-order valence-electron chi connectivity index (χ4n) is 5.20. The van der Waals surface area contributed by atoms with Crippen molar-refractivity contribution >= 4 is 57.4 Å². The van der Waals surface area contributed by atoms with Crippen molar-refractivity contribution in [1.82, 2.24) is 5.32 Å². The molecule has 1 fully saturated rings. The van der Waals surface area contributed by atoms with E-state index in [1.165, 1.54) is 21.7 Å². The van der Waals surface area contributed by atoms with Crippen molar-refractivity contribution in [2.45, 2.75) is 19.4 Å². The van der Waals surface area contributed by atoms with Crippen LogP contribution in [0.3, 0.4) is 0 Å². The number of fused-ring (bicyclic) bond motifs is 2. The summed E-state index contributed by atoms with van der Waals surface area (Å²) >= 11 is 5.43. The second-order valence-electron chi connectivity index (χ2n) is 9.35. The summed E-state index contributed by atoms with van der Waals surface area (Å²) in [7, 11) is 0. The van der Waals surface area contributed by atoms with Gasteiger partial charge < -0.3 is 4.90 Å². The predicted octanol–water partition coefficient (Wildman–Crippen LogP) is 5.62. The number of carbonyl (C=O) groups is 2. The standard InChI is InChI=1S/C31H25N3O2S/c35-29-26(30(36)34(31(37)32-29)28-14-6-11-23-10-4-5-13-25(23)28)19-22-15-16-27-24(18-22)12-7-17-33(27)20-21-8-2-1-3-9-21/h1-6,8-11,13-16,18-19H,7,12,17,20H2,(H,32,35,37). The topological polar surface area (TPSA) is 52.7 Å². The van der Waals surface area contributed by atoms with Gasteiger partial charge in [-0.1, -0.05) is 72.8 Å². The minimum Gasteiger partial charge on any atom is -0.367 e. The van der Waals surface area contributed by atoms with E-state index < -0.39 is 11.8 Å². The van der Waals surface area contributed by atoms with Gasteiger partial charge in [0.25, 0.3) is 11.8 Å². The molecule has 182 valence electrons. The quantitative estimate of drug-likeness (QED) is 0.223. The lowest BCUT2D eigenvalue weighted by atomic mass is 9.97. The maximum absolute atomic E-state index is 13.6. The first-order valence-electron chi connectivity index (χ1n) is 12.4. The first kappa shape index (κ1) is 23.1. The van der Waals surface area contributed by atoms with Gasteiger partial charge in [-0.05, 0) is 71.4 Å². The summed E-state index contributed by atoms with van der Waals surface area (Å²) in [4.78, 5) is 30.3. The lowest BCUT2D eigenvalue weighted by Crippen LogP contribution is -2.54. The molecule has 2 aliphatic rings. The second kappa shape index (κ2) is 9.64. The number of thiocarbonyl (C=S) groups is 1. The van der Waals surface area contributed by atoms with Crippen molar-refractivity contribution in [3.63, 3.8) is 0 Å². The first-order chi connectivity index (χ1) is 18.1. The van der Waals surface area contributed by atoms with Crippen LogP contribution < -0.4 is 15.1 Å². The number of hydrogen-bond donors (Lipinski definition) is 1. The maximum atomic E-state index is 13.6. The molecule has 2 amide bonds. The third-order valence-corrected chi connectivity index (χ3v) is 7.24. The summed E-state index contributed by atoms with van der Waals surface area (Å²) in [5, 5.41) is 4.68. The van der Waals surface area contributed by atoms with E-state index in [1.807, 2.05) is 54.6 Å². The molecule has 0 unspecified atom stereocenters. The molecule has 0 radical (unpaired) electrons. The molecule has 6 heteroatoms. The van der Waals surface area contributed by atoms with E-state index in [2.05, 4.69) is 46.6 Å². The average molecular weight is 504 g/mol. The summed E-state index contributed by atoms with van der Waals surface area (Å²) in [5.41, 5.74) is 5.25. The minimum atomic E-state index is -0.477. The minimum absolute atomic E-state index is 0.0680. The maximum Gasteiger partial charge on any atom is 0.270 e. The number of aryl methyl sites for hydroxylation is 1.